The molecule has 4 atom stereocenters. The third kappa shape index (κ3) is 3.92. The first kappa shape index (κ1) is 22.0. The third-order valence-electron chi connectivity index (χ3n) is 7.75. The van der Waals surface area contributed by atoms with Crippen LogP contribution in [-0.4, -0.2) is 52.7 Å². The van der Waals surface area contributed by atoms with Crippen LogP contribution in [0.2, 0.25) is 0 Å². The zero-order valence-electron chi connectivity index (χ0n) is 20.4. The molecule has 2 aliphatic heterocycles. The summed E-state index contributed by atoms with van der Waals surface area (Å²) in [7, 11) is 1.91. The summed E-state index contributed by atoms with van der Waals surface area (Å²) in [6, 6.07) is 9.03. The topological polar surface area (TPSA) is 82.1 Å². The summed E-state index contributed by atoms with van der Waals surface area (Å²) in [5.41, 5.74) is 3.05. The van der Waals surface area contributed by atoms with Gasteiger partial charge in [0.15, 0.2) is 0 Å². The van der Waals surface area contributed by atoms with Gasteiger partial charge in [-0.3, -0.25) is 0 Å². The number of piperidine rings is 1. The molecule has 1 aliphatic carbocycles. The molecule has 0 unspecified atom stereocenters. The molecule has 0 amide bonds. The van der Waals surface area contributed by atoms with Crippen molar-refractivity contribution in [2.75, 3.05) is 47.1 Å². The van der Waals surface area contributed by atoms with E-state index in [-0.39, 0.29) is 11.7 Å². The molecule has 0 spiro atoms. The fourth-order valence-electron chi connectivity index (χ4n) is 6.08. The molecule has 1 saturated carbocycles. The van der Waals surface area contributed by atoms with Crippen LogP contribution in [0.15, 0.2) is 36.7 Å². The number of aromatic nitrogens is 4. The van der Waals surface area contributed by atoms with Crippen molar-refractivity contribution in [1.82, 2.24) is 19.9 Å². The van der Waals surface area contributed by atoms with Gasteiger partial charge in [0, 0.05) is 61.7 Å². The second-order valence-corrected chi connectivity index (χ2v) is 10.1. The van der Waals surface area contributed by atoms with E-state index in [2.05, 4.69) is 43.4 Å². The van der Waals surface area contributed by atoms with Crippen molar-refractivity contribution in [3.8, 4) is 0 Å². The number of benzene rings is 1. The number of nitrogens with zero attached hydrogens (tertiary/aromatic N) is 6. The van der Waals surface area contributed by atoms with Crippen LogP contribution in [0.5, 0.6) is 0 Å². The van der Waals surface area contributed by atoms with E-state index in [0.717, 1.165) is 54.0 Å². The second kappa shape index (κ2) is 8.62. The minimum Gasteiger partial charge on any atom is -0.373 e. The molecular weight excluding hydrogens is 443 g/mol. The maximum Gasteiger partial charge on any atom is 0.226 e. The van der Waals surface area contributed by atoms with E-state index in [1.165, 1.54) is 25.0 Å². The van der Waals surface area contributed by atoms with Crippen LogP contribution in [-0.2, 0) is 0 Å². The van der Waals surface area contributed by atoms with E-state index in [1.807, 2.05) is 26.1 Å². The molecule has 1 saturated heterocycles. The first-order valence-corrected chi connectivity index (χ1v) is 12.4. The average Bonchev–Trinajstić information content (AvgIpc) is 3.29. The summed E-state index contributed by atoms with van der Waals surface area (Å²) in [6.07, 6.45) is 4.03. The molecule has 1 aromatic carbocycles. The Morgan fingerprint density at radius 2 is 1.74 bits per heavy atom. The molecule has 4 heterocycles. The molecule has 2 N–H and O–H groups in total. The smallest absolute Gasteiger partial charge is 0.226 e. The van der Waals surface area contributed by atoms with Gasteiger partial charge >= 0.3 is 0 Å². The van der Waals surface area contributed by atoms with Crippen molar-refractivity contribution in [3.05, 3.63) is 53.7 Å². The SMILES string of the molecule is CNc1nc(N[C@H]2[C@@H]3CC[C@H]2CN(c2cc(C)ncn2)C3)nc2c1[C@@H](C)CN2c1ccc(F)cc1. The molecule has 9 heteroatoms. The minimum atomic E-state index is -0.235. The van der Waals surface area contributed by atoms with Crippen LogP contribution in [0, 0.1) is 24.6 Å². The number of halogens is 1. The number of fused-ring (bicyclic) bond motifs is 3. The van der Waals surface area contributed by atoms with Crippen molar-refractivity contribution in [2.24, 2.45) is 11.8 Å². The fraction of sp³-hybridized carbons (Fsp3) is 0.462. The van der Waals surface area contributed by atoms with Gasteiger partial charge in [-0.1, -0.05) is 6.92 Å². The Morgan fingerprint density at radius 3 is 2.43 bits per heavy atom. The Balaban J connectivity index is 1.27. The van der Waals surface area contributed by atoms with Crippen LogP contribution < -0.4 is 20.4 Å². The highest BCUT2D eigenvalue weighted by atomic mass is 19.1. The van der Waals surface area contributed by atoms with Gasteiger partial charge in [0.05, 0.1) is 0 Å². The molecule has 6 rings (SSSR count). The maximum atomic E-state index is 13.5. The monoisotopic (exact) mass is 474 g/mol. The minimum absolute atomic E-state index is 0.235. The second-order valence-electron chi connectivity index (χ2n) is 10.1. The van der Waals surface area contributed by atoms with Gasteiger partial charge in [-0.05, 0) is 55.9 Å². The first-order valence-electron chi connectivity index (χ1n) is 12.4. The van der Waals surface area contributed by atoms with E-state index in [4.69, 9.17) is 9.97 Å². The Labute approximate surface area is 205 Å². The van der Waals surface area contributed by atoms with Crippen molar-refractivity contribution in [1.29, 1.82) is 0 Å². The van der Waals surface area contributed by atoms with Crippen molar-refractivity contribution in [3.63, 3.8) is 0 Å². The van der Waals surface area contributed by atoms with E-state index in [9.17, 15) is 4.39 Å². The highest BCUT2D eigenvalue weighted by molar-refractivity contribution is 5.74. The van der Waals surface area contributed by atoms with E-state index in [1.54, 1.807) is 6.33 Å². The zero-order chi connectivity index (χ0) is 24.1. The Bertz CT molecular complexity index is 1220. The summed E-state index contributed by atoms with van der Waals surface area (Å²) in [5, 5.41) is 7.01. The quantitative estimate of drug-likeness (QED) is 0.565. The van der Waals surface area contributed by atoms with Gasteiger partial charge in [-0.15, -0.1) is 0 Å². The number of hydrogen-bond donors (Lipinski definition) is 2. The molecule has 2 bridgehead atoms. The Kier molecular flexibility index (Phi) is 5.42. The van der Waals surface area contributed by atoms with Gasteiger partial charge in [0.25, 0.3) is 0 Å². The van der Waals surface area contributed by atoms with Crippen LogP contribution in [0.4, 0.5) is 33.5 Å². The van der Waals surface area contributed by atoms with E-state index < -0.39 is 0 Å². The third-order valence-corrected chi connectivity index (χ3v) is 7.75. The lowest BCUT2D eigenvalue weighted by atomic mass is 9.92. The van der Waals surface area contributed by atoms with Gasteiger partial charge in [0.2, 0.25) is 5.95 Å². The number of anilines is 5. The molecule has 35 heavy (non-hydrogen) atoms. The average molecular weight is 475 g/mol. The van der Waals surface area contributed by atoms with Gasteiger partial charge in [0.1, 0.15) is 29.6 Å². The number of rotatable bonds is 5. The number of hydrogen-bond acceptors (Lipinski definition) is 8. The van der Waals surface area contributed by atoms with Crippen LogP contribution in [0.3, 0.4) is 0 Å². The maximum absolute atomic E-state index is 13.5. The Morgan fingerprint density at radius 1 is 1.00 bits per heavy atom. The van der Waals surface area contributed by atoms with Crippen LogP contribution in [0.25, 0.3) is 0 Å². The Hall–Kier alpha value is -3.49. The first-order chi connectivity index (χ1) is 17.0. The van der Waals surface area contributed by atoms with E-state index >= 15 is 0 Å². The van der Waals surface area contributed by atoms with Crippen LogP contribution in [0.1, 0.15) is 36.9 Å². The standard InChI is InChI=1S/C26H31FN8/c1-15-11-35(20-8-6-19(27)7-9-20)25-22(15)24(28-3)32-26(33-25)31-23-17-4-5-18(23)13-34(12-17)21-10-16(2)29-14-30-21/h6-10,14-15,17-18,23H,4-5,11-13H2,1-3H3,(H2,28,31,32,33)/t15-,17-,18+,23+/m0/s1. The van der Waals surface area contributed by atoms with E-state index in [0.29, 0.717) is 23.8 Å². The van der Waals surface area contributed by atoms with Crippen molar-refractivity contribution < 1.29 is 4.39 Å². The molecule has 0 radical (unpaired) electrons. The van der Waals surface area contributed by atoms with Crippen LogP contribution >= 0.6 is 0 Å². The summed E-state index contributed by atoms with van der Waals surface area (Å²) >= 11 is 0. The summed E-state index contributed by atoms with van der Waals surface area (Å²) < 4.78 is 13.5. The molecule has 3 aromatic rings. The summed E-state index contributed by atoms with van der Waals surface area (Å²) in [6.45, 7) is 6.91. The van der Waals surface area contributed by atoms with Crippen molar-refractivity contribution >= 4 is 29.1 Å². The lowest BCUT2D eigenvalue weighted by molar-refractivity contribution is 0.375. The molecule has 3 aliphatic rings. The highest BCUT2D eigenvalue weighted by Gasteiger charge is 2.43. The molecule has 8 nitrogen and oxygen atoms in total. The lowest BCUT2D eigenvalue weighted by Gasteiger charge is -2.39. The highest BCUT2D eigenvalue weighted by Crippen LogP contribution is 2.44. The largest absolute Gasteiger partial charge is 0.373 e. The summed E-state index contributed by atoms with van der Waals surface area (Å²) in [5.74, 6) is 4.47. The summed E-state index contributed by atoms with van der Waals surface area (Å²) in [4.78, 5) is 23.2. The lowest BCUT2D eigenvalue weighted by Crippen LogP contribution is -2.48. The van der Waals surface area contributed by atoms with Gasteiger partial charge < -0.3 is 20.4 Å². The van der Waals surface area contributed by atoms with Crippen molar-refractivity contribution in [2.45, 2.75) is 38.6 Å². The molecular formula is C26H31FN8. The predicted molar refractivity (Wildman–Crippen MR) is 136 cm³/mol. The zero-order valence-corrected chi connectivity index (χ0v) is 20.4. The molecule has 182 valence electrons. The normalized spacial score (nSPS) is 25.0. The van der Waals surface area contributed by atoms with Gasteiger partial charge in [-0.2, -0.15) is 9.97 Å². The molecule has 2 fully saturated rings. The fourth-order valence-corrected chi connectivity index (χ4v) is 6.08. The van der Waals surface area contributed by atoms with Gasteiger partial charge in [-0.25, -0.2) is 14.4 Å². The number of nitrogens with one attached hydrogen (secondary N) is 2. The predicted octanol–water partition coefficient (Wildman–Crippen LogP) is 4.34. The number of aryl methyl sites for hydroxylation is 1. The molecule has 2 aromatic heterocycles.